The van der Waals surface area contributed by atoms with Gasteiger partial charge in [-0.1, -0.05) is 42.5 Å². The molecule has 0 radical (unpaired) electrons. The fraction of sp³-hybridized carbons (Fsp3) is 0.286. The Kier molecular flexibility index (Phi) is 2.91. The van der Waals surface area contributed by atoms with Crippen LogP contribution >= 0.6 is 0 Å². The van der Waals surface area contributed by atoms with Crippen molar-refractivity contribution >= 4 is 0 Å². The number of nitrogens with zero attached hydrogens (tertiary/aromatic N) is 1. The molecule has 0 bridgehead atoms. The second-order valence-electron chi connectivity index (χ2n) is 4.14. The molecule has 1 atom stereocenters. The molecule has 1 aromatic rings. The van der Waals surface area contributed by atoms with E-state index in [1.54, 1.807) is 0 Å². The van der Waals surface area contributed by atoms with Gasteiger partial charge < -0.3 is 4.90 Å². The summed E-state index contributed by atoms with van der Waals surface area (Å²) >= 11 is 0. The third kappa shape index (κ3) is 2.30. The van der Waals surface area contributed by atoms with Gasteiger partial charge in [-0.15, -0.1) is 0 Å². The van der Waals surface area contributed by atoms with Gasteiger partial charge in [0.05, 0.1) is 0 Å². The molecule has 0 heterocycles. The van der Waals surface area contributed by atoms with Crippen LogP contribution in [0.3, 0.4) is 0 Å². The summed E-state index contributed by atoms with van der Waals surface area (Å²) in [5.74, 6) is 0.536. The quantitative estimate of drug-likeness (QED) is 0.707. The fourth-order valence-electron chi connectivity index (χ4n) is 1.90. The summed E-state index contributed by atoms with van der Waals surface area (Å²) < 4.78 is 0. The lowest BCUT2D eigenvalue weighted by molar-refractivity contribution is 0.520. The van der Waals surface area contributed by atoms with E-state index in [2.05, 4.69) is 67.6 Å². The monoisotopic (exact) mass is 199 g/mol. The topological polar surface area (TPSA) is 3.24 Å². The molecular weight excluding hydrogens is 182 g/mol. The van der Waals surface area contributed by atoms with Crippen molar-refractivity contribution in [2.24, 2.45) is 0 Å². The van der Waals surface area contributed by atoms with Crippen molar-refractivity contribution in [2.75, 3.05) is 14.1 Å². The number of likely N-dealkylation sites (N-methyl/N-ethyl adjacent to an activating group) is 1. The van der Waals surface area contributed by atoms with Gasteiger partial charge in [-0.2, -0.15) is 0 Å². The first-order chi connectivity index (χ1) is 7.27. The van der Waals surface area contributed by atoms with Gasteiger partial charge in [0.1, 0.15) is 0 Å². The average Bonchev–Trinajstić information content (AvgIpc) is 2.30. The molecule has 2 rings (SSSR count). The lowest BCUT2D eigenvalue weighted by Gasteiger charge is -2.21. The summed E-state index contributed by atoms with van der Waals surface area (Å²) in [6.07, 6.45) is 7.91. The molecule has 0 fully saturated rings. The third-order valence-corrected chi connectivity index (χ3v) is 2.79. The first-order valence-electron chi connectivity index (χ1n) is 5.38. The van der Waals surface area contributed by atoms with Crippen LogP contribution in [-0.2, 0) is 0 Å². The number of rotatable bonds is 2. The molecule has 1 aromatic carbocycles. The van der Waals surface area contributed by atoms with Crippen LogP contribution in [-0.4, -0.2) is 19.0 Å². The second-order valence-corrected chi connectivity index (χ2v) is 4.14. The van der Waals surface area contributed by atoms with Crippen molar-refractivity contribution in [3.05, 3.63) is 59.8 Å². The standard InChI is InChI=1S/C14H17N/c1-15(2)14-10-6-9-13(11-14)12-7-4-3-5-8-12/h3-8,10-11,13H,9H2,1-2H3. The minimum Gasteiger partial charge on any atom is -0.378 e. The Labute approximate surface area is 91.7 Å². The van der Waals surface area contributed by atoms with Gasteiger partial charge in [-0.25, -0.2) is 0 Å². The summed E-state index contributed by atoms with van der Waals surface area (Å²) in [4.78, 5) is 2.16. The number of allylic oxidation sites excluding steroid dienone is 3. The summed E-state index contributed by atoms with van der Waals surface area (Å²) in [5, 5.41) is 0. The lowest BCUT2D eigenvalue weighted by Crippen LogP contribution is -2.12. The van der Waals surface area contributed by atoms with Crippen molar-refractivity contribution in [3.8, 4) is 0 Å². The molecule has 0 saturated heterocycles. The average molecular weight is 199 g/mol. The van der Waals surface area contributed by atoms with Crippen molar-refractivity contribution in [1.82, 2.24) is 4.90 Å². The Hall–Kier alpha value is -1.50. The highest BCUT2D eigenvalue weighted by molar-refractivity contribution is 5.32. The van der Waals surface area contributed by atoms with Crippen LogP contribution in [0.25, 0.3) is 0 Å². The molecule has 1 aliphatic carbocycles. The van der Waals surface area contributed by atoms with Gasteiger partial charge in [0.25, 0.3) is 0 Å². The molecule has 1 nitrogen and oxygen atoms in total. The van der Waals surface area contributed by atoms with E-state index < -0.39 is 0 Å². The SMILES string of the molecule is CN(C)C1=CC(c2ccccc2)CC=C1. The first kappa shape index (κ1) is 10.0. The lowest BCUT2D eigenvalue weighted by atomic mass is 9.91. The molecule has 0 aliphatic heterocycles. The minimum absolute atomic E-state index is 0.536. The number of benzene rings is 1. The van der Waals surface area contributed by atoms with E-state index >= 15 is 0 Å². The van der Waals surface area contributed by atoms with Crippen LogP contribution in [0.5, 0.6) is 0 Å². The molecule has 1 heteroatoms. The van der Waals surface area contributed by atoms with Crippen LogP contribution in [0.2, 0.25) is 0 Å². The van der Waals surface area contributed by atoms with Crippen LogP contribution in [0.15, 0.2) is 54.3 Å². The van der Waals surface area contributed by atoms with Crippen molar-refractivity contribution in [3.63, 3.8) is 0 Å². The van der Waals surface area contributed by atoms with Gasteiger partial charge in [-0.3, -0.25) is 0 Å². The number of hydrogen-bond acceptors (Lipinski definition) is 1. The predicted octanol–water partition coefficient (Wildman–Crippen LogP) is 3.18. The van der Waals surface area contributed by atoms with Crippen LogP contribution in [0, 0.1) is 0 Å². The summed E-state index contributed by atoms with van der Waals surface area (Å²) in [7, 11) is 4.17. The van der Waals surface area contributed by atoms with E-state index in [0.29, 0.717) is 5.92 Å². The molecule has 0 spiro atoms. The van der Waals surface area contributed by atoms with Gasteiger partial charge in [0.15, 0.2) is 0 Å². The van der Waals surface area contributed by atoms with Crippen LogP contribution in [0.1, 0.15) is 17.9 Å². The summed E-state index contributed by atoms with van der Waals surface area (Å²) in [5.41, 5.74) is 2.70. The number of hydrogen-bond donors (Lipinski definition) is 0. The molecule has 1 aliphatic rings. The zero-order chi connectivity index (χ0) is 10.7. The van der Waals surface area contributed by atoms with Gasteiger partial charge in [0.2, 0.25) is 0 Å². The summed E-state index contributed by atoms with van der Waals surface area (Å²) in [6.45, 7) is 0. The van der Waals surface area contributed by atoms with Gasteiger partial charge in [-0.05, 0) is 18.1 Å². The smallest absolute Gasteiger partial charge is 0.0323 e. The largest absolute Gasteiger partial charge is 0.378 e. The minimum atomic E-state index is 0.536. The zero-order valence-electron chi connectivity index (χ0n) is 9.35. The molecule has 78 valence electrons. The Morgan fingerprint density at radius 1 is 1.13 bits per heavy atom. The predicted molar refractivity (Wildman–Crippen MR) is 64.7 cm³/mol. The maximum absolute atomic E-state index is 2.34. The maximum atomic E-state index is 2.34. The summed E-state index contributed by atoms with van der Waals surface area (Å²) in [6, 6.07) is 10.7. The van der Waals surface area contributed by atoms with Crippen LogP contribution in [0.4, 0.5) is 0 Å². The van der Waals surface area contributed by atoms with Crippen molar-refractivity contribution < 1.29 is 0 Å². The van der Waals surface area contributed by atoms with Crippen LogP contribution < -0.4 is 0 Å². The molecule has 0 amide bonds. The molecule has 0 saturated carbocycles. The Morgan fingerprint density at radius 2 is 1.87 bits per heavy atom. The molecule has 15 heavy (non-hydrogen) atoms. The third-order valence-electron chi connectivity index (χ3n) is 2.79. The Bertz CT molecular complexity index is 374. The van der Waals surface area contributed by atoms with Crippen molar-refractivity contribution in [2.45, 2.75) is 12.3 Å². The Morgan fingerprint density at radius 3 is 2.53 bits per heavy atom. The molecule has 1 unspecified atom stereocenters. The fourth-order valence-corrected chi connectivity index (χ4v) is 1.90. The van der Waals surface area contributed by atoms with E-state index in [1.807, 2.05) is 0 Å². The van der Waals surface area contributed by atoms with Gasteiger partial charge >= 0.3 is 0 Å². The molecule has 0 aromatic heterocycles. The maximum Gasteiger partial charge on any atom is 0.0323 e. The van der Waals surface area contributed by atoms with E-state index in [-0.39, 0.29) is 0 Å². The zero-order valence-corrected chi connectivity index (χ0v) is 9.35. The molecular formula is C14H17N. The highest BCUT2D eigenvalue weighted by atomic mass is 15.1. The van der Waals surface area contributed by atoms with E-state index in [4.69, 9.17) is 0 Å². The normalized spacial score (nSPS) is 19.9. The van der Waals surface area contributed by atoms with E-state index in [9.17, 15) is 0 Å². The van der Waals surface area contributed by atoms with Crippen molar-refractivity contribution in [1.29, 1.82) is 0 Å². The van der Waals surface area contributed by atoms with Gasteiger partial charge in [0, 0.05) is 25.7 Å². The van der Waals surface area contributed by atoms with E-state index in [1.165, 1.54) is 11.3 Å². The first-order valence-corrected chi connectivity index (χ1v) is 5.38. The molecule has 0 N–H and O–H groups in total. The second kappa shape index (κ2) is 4.35. The van der Waals surface area contributed by atoms with E-state index in [0.717, 1.165) is 6.42 Å². The highest BCUT2D eigenvalue weighted by Gasteiger charge is 2.11. The Balaban J connectivity index is 2.23. The highest BCUT2D eigenvalue weighted by Crippen LogP contribution is 2.27.